The lowest BCUT2D eigenvalue weighted by Gasteiger charge is -2.43. The Bertz CT molecular complexity index is 380. The normalized spacial score (nSPS) is 29.2. The molecule has 16 heavy (non-hydrogen) atoms. The fourth-order valence-electron chi connectivity index (χ4n) is 2.28. The zero-order valence-corrected chi connectivity index (χ0v) is 11.3. The van der Waals surface area contributed by atoms with Gasteiger partial charge >= 0.3 is 0 Å². The van der Waals surface area contributed by atoms with Crippen molar-refractivity contribution in [1.29, 1.82) is 0 Å². The number of methoxy groups -OCH3 is 1. The van der Waals surface area contributed by atoms with Gasteiger partial charge in [0.05, 0.1) is 17.9 Å². The molecule has 1 aliphatic heterocycles. The summed E-state index contributed by atoms with van der Waals surface area (Å²) in [6, 6.07) is 0. The molecular weight excluding hydrogens is 246 g/mol. The van der Waals surface area contributed by atoms with Crippen LogP contribution in [0.3, 0.4) is 0 Å². The van der Waals surface area contributed by atoms with Crippen LogP contribution in [0.25, 0.3) is 0 Å². The minimum atomic E-state index is -0.342. The molecule has 2 heterocycles. The summed E-state index contributed by atoms with van der Waals surface area (Å²) < 4.78 is 12.0. The summed E-state index contributed by atoms with van der Waals surface area (Å²) in [5, 5.41) is 1.98. The van der Waals surface area contributed by atoms with Crippen LogP contribution in [0.1, 0.15) is 32.4 Å². The van der Waals surface area contributed by atoms with Crippen molar-refractivity contribution in [2.75, 3.05) is 13.7 Å². The van der Waals surface area contributed by atoms with Crippen molar-refractivity contribution in [2.24, 2.45) is 0 Å². The topological polar surface area (TPSA) is 31.4 Å². The van der Waals surface area contributed by atoms with E-state index in [2.05, 4.69) is 18.8 Å². The van der Waals surface area contributed by atoms with Crippen LogP contribution in [0.4, 0.5) is 0 Å². The van der Waals surface area contributed by atoms with Crippen LogP contribution < -0.4 is 0 Å². The van der Waals surface area contributed by atoms with E-state index in [4.69, 9.17) is 21.1 Å². The average Bonchev–Trinajstić information content (AvgIpc) is 2.63. The minimum Gasteiger partial charge on any atom is -0.375 e. The van der Waals surface area contributed by atoms with Crippen molar-refractivity contribution in [3.05, 3.63) is 15.5 Å². The van der Waals surface area contributed by atoms with Crippen molar-refractivity contribution in [3.63, 3.8) is 0 Å². The number of aromatic nitrogens is 1. The summed E-state index contributed by atoms with van der Waals surface area (Å²) >= 11 is 7.34. The SMILES string of the molecule is COC1(c2csc(Cl)n2)CCOC(C)(C)C1. The van der Waals surface area contributed by atoms with Gasteiger partial charge in [-0.1, -0.05) is 11.6 Å². The minimum absolute atomic E-state index is 0.176. The fourth-order valence-corrected chi connectivity index (χ4v) is 3.13. The van der Waals surface area contributed by atoms with Crippen LogP contribution in [0, 0.1) is 0 Å². The molecule has 0 aliphatic carbocycles. The summed E-state index contributed by atoms with van der Waals surface area (Å²) in [5.74, 6) is 0. The number of ether oxygens (including phenoxy) is 2. The first-order valence-corrected chi connectivity index (χ1v) is 6.54. The van der Waals surface area contributed by atoms with Gasteiger partial charge in [-0.2, -0.15) is 0 Å². The highest BCUT2D eigenvalue weighted by Gasteiger charge is 2.44. The Hall–Kier alpha value is -0.160. The lowest BCUT2D eigenvalue weighted by Crippen LogP contribution is -2.45. The lowest BCUT2D eigenvalue weighted by atomic mass is 9.82. The maximum atomic E-state index is 5.89. The Kier molecular flexibility index (Phi) is 3.27. The van der Waals surface area contributed by atoms with Gasteiger partial charge in [-0.15, -0.1) is 11.3 Å². The van der Waals surface area contributed by atoms with E-state index in [0.29, 0.717) is 11.1 Å². The van der Waals surface area contributed by atoms with Crippen molar-refractivity contribution in [1.82, 2.24) is 4.98 Å². The second-order valence-corrected chi connectivity index (χ2v) is 6.16. The molecule has 90 valence electrons. The molecule has 0 spiro atoms. The third-order valence-electron chi connectivity index (χ3n) is 3.04. The Morgan fingerprint density at radius 1 is 1.56 bits per heavy atom. The van der Waals surface area contributed by atoms with Crippen molar-refractivity contribution in [3.8, 4) is 0 Å². The zero-order valence-electron chi connectivity index (χ0n) is 9.75. The van der Waals surface area contributed by atoms with Gasteiger partial charge in [-0.05, 0) is 13.8 Å². The molecule has 1 aromatic heterocycles. The van der Waals surface area contributed by atoms with E-state index < -0.39 is 0 Å². The summed E-state index contributed by atoms with van der Waals surface area (Å²) in [5.41, 5.74) is 0.414. The second-order valence-electron chi connectivity index (χ2n) is 4.72. The van der Waals surface area contributed by atoms with E-state index in [1.807, 2.05) is 5.38 Å². The highest BCUT2D eigenvalue weighted by atomic mass is 35.5. The van der Waals surface area contributed by atoms with Gasteiger partial charge in [0.25, 0.3) is 0 Å². The molecule has 1 aromatic rings. The van der Waals surface area contributed by atoms with Crippen LogP contribution in [0.5, 0.6) is 0 Å². The highest BCUT2D eigenvalue weighted by Crippen LogP contribution is 2.42. The molecule has 0 saturated carbocycles. The van der Waals surface area contributed by atoms with Gasteiger partial charge in [0.15, 0.2) is 4.47 Å². The monoisotopic (exact) mass is 261 g/mol. The molecule has 0 aromatic carbocycles. The average molecular weight is 262 g/mol. The Morgan fingerprint density at radius 2 is 2.31 bits per heavy atom. The summed E-state index contributed by atoms with van der Waals surface area (Å²) in [6.45, 7) is 4.85. The van der Waals surface area contributed by atoms with Crippen LogP contribution in [0.2, 0.25) is 4.47 Å². The maximum absolute atomic E-state index is 5.89. The van der Waals surface area contributed by atoms with E-state index in [1.165, 1.54) is 11.3 Å². The molecule has 0 bridgehead atoms. The van der Waals surface area contributed by atoms with E-state index in [-0.39, 0.29) is 11.2 Å². The number of hydrogen-bond acceptors (Lipinski definition) is 4. The predicted octanol–water partition coefficient (Wildman–Crippen LogP) is 3.23. The van der Waals surface area contributed by atoms with E-state index in [1.54, 1.807) is 7.11 Å². The van der Waals surface area contributed by atoms with Crippen LogP contribution >= 0.6 is 22.9 Å². The Labute approximate surface area is 105 Å². The molecule has 0 amide bonds. The first kappa shape index (κ1) is 12.3. The first-order valence-electron chi connectivity index (χ1n) is 5.28. The molecule has 1 fully saturated rings. The predicted molar refractivity (Wildman–Crippen MR) is 65.1 cm³/mol. The van der Waals surface area contributed by atoms with Crippen molar-refractivity contribution >= 4 is 22.9 Å². The quantitative estimate of drug-likeness (QED) is 0.819. The molecule has 1 aliphatic rings. The first-order chi connectivity index (χ1) is 7.47. The molecule has 1 saturated heterocycles. The molecule has 0 radical (unpaired) electrons. The van der Waals surface area contributed by atoms with E-state index in [0.717, 1.165) is 18.5 Å². The number of nitrogens with zero attached hydrogens (tertiary/aromatic N) is 1. The molecule has 5 heteroatoms. The maximum Gasteiger partial charge on any atom is 0.183 e. The molecule has 1 unspecified atom stereocenters. The van der Waals surface area contributed by atoms with E-state index >= 15 is 0 Å². The molecule has 1 atom stereocenters. The van der Waals surface area contributed by atoms with Crippen LogP contribution in [-0.4, -0.2) is 24.3 Å². The number of thiazole rings is 1. The smallest absolute Gasteiger partial charge is 0.183 e. The van der Waals surface area contributed by atoms with Crippen LogP contribution in [-0.2, 0) is 15.1 Å². The number of halogens is 1. The largest absolute Gasteiger partial charge is 0.375 e. The molecule has 3 nitrogen and oxygen atoms in total. The van der Waals surface area contributed by atoms with Gasteiger partial charge in [0.1, 0.15) is 5.60 Å². The summed E-state index contributed by atoms with van der Waals surface area (Å²) in [7, 11) is 1.73. The zero-order chi connectivity index (χ0) is 11.8. The standard InChI is InChI=1S/C11H16ClNO2S/c1-10(2)7-11(14-3,4-5-15-10)8-6-16-9(12)13-8/h6H,4-5,7H2,1-3H3. The highest BCUT2D eigenvalue weighted by molar-refractivity contribution is 7.13. The van der Waals surface area contributed by atoms with Gasteiger partial charge in [-0.3, -0.25) is 0 Å². The lowest BCUT2D eigenvalue weighted by molar-refractivity contribution is -0.164. The van der Waals surface area contributed by atoms with Gasteiger partial charge in [0.2, 0.25) is 0 Å². The molecule has 0 N–H and O–H groups in total. The van der Waals surface area contributed by atoms with E-state index in [9.17, 15) is 0 Å². The fraction of sp³-hybridized carbons (Fsp3) is 0.727. The number of hydrogen-bond donors (Lipinski definition) is 0. The number of rotatable bonds is 2. The summed E-state index contributed by atoms with van der Waals surface area (Å²) in [4.78, 5) is 4.35. The third-order valence-corrected chi connectivity index (χ3v) is 4.02. The molecular formula is C11H16ClNO2S. The van der Waals surface area contributed by atoms with Gasteiger partial charge < -0.3 is 9.47 Å². The van der Waals surface area contributed by atoms with Crippen LogP contribution in [0.15, 0.2) is 5.38 Å². The van der Waals surface area contributed by atoms with Gasteiger partial charge in [-0.25, -0.2) is 4.98 Å². The van der Waals surface area contributed by atoms with Crippen molar-refractivity contribution in [2.45, 2.75) is 37.9 Å². The van der Waals surface area contributed by atoms with Crippen molar-refractivity contribution < 1.29 is 9.47 Å². The Morgan fingerprint density at radius 3 is 2.81 bits per heavy atom. The Balaban J connectivity index is 2.32. The van der Waals surface area contributed by atoms with Gasteiger partial charge in [0, 0.05) is 25.3 Å². The summed E-state index contributed by atoms with van der Waals surface area (Å²) in [6.07, 6.45) is 1.63. The molecule has 2 rings (SSSR count). The third kappa shape index (κ3) is 2.25. The second kappa shape index (κ2) is 4.26.